The fraction of sp³-hybridized carbons (Fsp3) is 0.417. The molecule has 8 nitrogen and oxygen atoms in total. The Morgan fingerprint density at radius 3 is 2.59 bits per heavy atom. The van der Waals surface area contributed by atoms with Crippen LogP contribution in [0.2, 0.25) is 0 Å². The molecule has 4 N–H and O–H groups in total. The number of nitrogens with zero attached hydrogens (tertiary/aromatic N) is 1. The van der Waals surface area contributed by atoms with Crippen LogP contribution in [0.4, 0.5) is 10.5 Å². The van der Waals surface area contributed by atoms with Crippen LogP contribution in [0.15, 0.2) is 42.5 Å². The summed E-state index contributed by atoms with van der Waals surface area (Å²) in [7, 11) is 1.66. The molecule has 0 bridgehead atoms. The lowest BCUT2D eigenvalue weighted by atomic mass is 10.1. The number of phenols is 1. The maximum Gasteiger partial charge on any atom is 0.319 e. The molecule has 0 spiro atoms. The van der Waals surface area contributed by atoms with Gasteiger partial charge in [-0.3, -0.25) is 9.69 Å². The second-order valence-electron chi connectivity index (χ2n) is 7.93. The van der Waals surface area contributed by atoms with Crippen LogP contribution in [0.25, 0.3) is 0 Å². The van der Waals surface area contributed by atoms with Crippen molar-refractivity contribution >= 4 is 17.7 Å². The number of benzene rings is 2. The van der Waals surface area contributed by atoms with E-state index in [2.05, 4.69) is 27.7 Å². The van der Waals surface area contributed by atoms with Gasteiger partial charge in [0.25, 0.3) is 0 Å². The summed E-state index contributed by atoms with van der Waals surface area (Å²) < 4.78 is 5.40. The first-order valence-corrected chi connectivity index (χ1v) is 10.9. The lowest BCUT2D eigenvalue weighted by Crippen LogP contribution is -2.34. The average molecular weight is 442 g/mol. The number of fused-ring (bicyclic) bond motifs is 1. The quantitative estimate of drug-likeness (QED) is 0.312. The molecular weight excluding hydrogens is 410 g/mol. The third-order valence-corrected chi connectivity index (χ3v) is 5.71. The van der Waals surface area contributed by atoms with E-state index >= 15 is 0 Å². The first kappa shape index (κ1) is 23.4. The third kappa shape index (κ3) is 6.62. The zero-order valence-corrected chi connectivity index (χ0v) is 18.3. The van der Waals surface area contributed by atoms with E-state index in [0.717, 1.165) is 31.6 Å². The normalized spacial score (nSPS) is 14.8. The summed E-state index contributed by atoms with van der Waals surface area (Å²) >= 11 is 0. The number of aliphatic carboxylic acids is 1. The SMILES string of the molecule is COc1ccc2c(c1)C(N(CCCNC(=O)Nc1ccc(O)cc1)CCCC(=O)O)CC2. The number of ether oxygens (including phenoxy) is 1. The number of carboxylic acids is 1. The number of aryl methyl sites for hydroxylation is 1. The summed E-state index contributed by atoms with van der Waals surface area (Å²) in [6, 6.07) is 12.4. The van der Waals surface area contributed by atoms with E-state index in [1.165, 1.54) is 23.3 Å². The molecule has 0 aliphatic heterocycles. The Morgan fingerprint density at radius 1 is 1.12 bits per heavy atom. The number of aromatic hydroxyl groups is 1. The Labute approximate surface area is 188 Å². The third-order valence-electron chi connectivity index (χ3n) is 5.71. The van der Waals surface area contributed by atoms with Crippen molar-refractivity contribution in [2.45, 2.75) is 38.1 Å². The predicted octanol–water partition coefficient (Wildman–Crippen LogP) is 3.77. The van der Waals surface area contributed by atoms with E-state index in [-0.39, 0.29) is 24.2 Å². The van der Waals surface area contributed by atoms with Crippen LogP contribution in [-0.2, 0) is 11.2 Å². The number of hydrogen-bond acceptors (Lipinski definition) is 5. The first-order chi connectivity index (χ1) is 15.5. The molecule has 0 radical (unpaired) electrons. The summed E-state index contributed by atoms with van der Waals surface area (Å²) in [6.07, 6.45) is 3.45. The molecule has 2 aromatic rings. The van der Waals surface area contributed by atoms with Crippen LogP contribution in [0.1, 0.15) is 42.9 Å². The molecule has 3 rings (SSSR count). The van der Waals surface area contributed by atoms with Crippen molar-refractivity contribution in [1.82, 2.24) is 10.2 Å². The highest BCUT2D eigenvalue weighted by molar-refractivity contribution is 5.89. The molecule has 2 amide bonds. The van der Waals surface area contributed by atoms with Gasteiger partial charge in [0.05, 0.1) is 7.11 Å². The van der Waals surface area contributed by atoms with Crippen molar-refractivity contribution in [2.75, 3.05) is 32.1 Å². The second-order valence-corrected chi connectivity index (χ2v) is 7.93. The van der Waals surface area contributed by atoms with Gasteiger partial charge in [0, 0.05) is 31.2 Å². The van der Waals surface area contributed by atoms with Crippen LogP contribution in [-0.4, -0.2) is 53.9 Å². The number of carboxylic acid groups (broad SMARTS) is 1. The summed E-state index contributed by atoms with van der Waals surface area (Å²) in [5.41, 5.74) is 3.16. The minimum absolute atomic E-state index is 0.140. The number of rotatable bonds is 11. The van der Waals surface area contributed by atoms with Gasteiger partial charge in [-0.25, -0.2) is 4.79 Å². The lowest BCUT2D eigenvalue weighted by Gasteiger charge is -2.30. The fourth-order valence-corrected chi connectivity index (χ4v) is 4.13. The fourth-order valence-electron chi connectivity index (χ4n) is 4.13. The van der Waals surface area contributed by atoms with Gasteiger partial charge in [0.1, 0.15) is 11.5 Å². The minimum atomic E-state index is -0.786. The summed E-state index contributed by atoms with van der Waals surface area (Å²) in [6.45, 7) is 1.94. The molecule has 1 aliphatic carbocycles. The largest absolute Gasteiger partial charge is 0.508 e. The van der Waals surface area contributed by atoms with E-state index in [4.69, 9.17) is 9.84 Å². The molecule has 8 heteroatoms. The van der Waals surface area contributed by atoms with Gasteiger partial charge in [-0.05, 0) is 79.8 Å². The minimum Gasteiger partial charge on any atom is -0.508 e. The molecule has 0 aromatic heterocycles. The van der Waals surface area contributed by atoms with E-state index in [1.54, 1.807) is 19.2 Å². The number of carbonyl (C=O) groups is 2. The Bertz CT molecular complexity index is 916. The predicted molar refractivity (Wildman–Crippen MR) is 122 cm³/mol. The molecule has 0 saturated carbocycles. The molecule has 1 unspecified atom stereocenters. The Kier molecular flexibility index (Phi) is 8.33. The highest BCUT2D eigenvalue weighted by Gasteiger charge is 2.28. The Morgan fingerprint density at radius 2 is 1.88 bits per heavy atom. The van der Waals surface area contributed by atoms with Crippen molar-refractivity contribution in [3.05, 3.63) is 53.6 Å². The average Bonchev–Trinajstić information content (AvgIpc) is 3.19. The first-order valence-electron chi connectivity index (χ1n) is 10.9. The van der Waals surface area contributed by atoms with Gasteiger partial charge in [0.15, 0.2) is 0 Å². The number of hydrogen-bond donors (Lipinski definition) is 4. The van der Waals surface area contributed by atoms with Gasteiger partial charge >= 0.3 is 12.0 Å². The summed E-state index contributed by atoms with van der Waals surface area (Å²) in [5, 5.41) is 23.9. The molecule has 32 heavy (non-hydrogen) atoms. The van der Waals surface area contributed by atoms with Crippen molar-refractivity contribution in [1.29, 1.82) is 0 Å². The van der Waals surface area contributed by atoms with Crippen molar-refractivity contribution < 1.29 is 24.5 Å². The number of nitrogens with one attached hydrogen (secondary N) is 2. The van der Waals surface area contributed by atoms with Crippen LogP contribution < -0.4 is 15.4 Å². The smallest absolute Gasteiger partial charge is 0.319 e. The van der Waals surface area contributed by atoms with Gasteiger partial charge in [-0.15, -0.1) is 0 Å². The Hall–Kier alpha value is -3.26. The number of anilines is 1. The van der Waals surface area contributed by atoms with E-state index < -0.39 is 5.97 Å². The highest BCUT2D eigenvalue weighted by Crippen LogP contribution is 2.38. The van der Waals surface area contributed by atoms with Crippen molar-refractivity contribution in [3.8, 4) is 11.5 Å². The second kappa shape index (κ2) is 11.4. The zero-order chi connectivity index (χ0) is 22.9. The number of amides is 2. The molecular formula is C24H31N3O5. The topological polar surface area (TPSA) is 111 Å². The number of methoxy groups -OCH3 is 1. The molecule has 0 fully saturated rings. The van der Waals surface area contributed by atoms with Crippen LogP contribution in [0, 0.1) is 0 Å². The van der Waals surface area contributed by atoms with Crippen LogP contribution in [0.3, 0.4) is 0 Å². The summed E-state index contributed by atoms with van der Waals surface area (Å²) in [5.74, 6) is 0.185. The maximum atomic E-state index is 12.1. The molecule has 0 heterocycles. The number of urea groups is 1. The monoisotopic (exact) mass is 441 g/mol. The molecule has 0 saturated heterocycles. The highest BCUT2D eigenvalue weighted by atomic mass is 16.5. The maximum absolute atomic E-state index is 12.1. The molecule has 1 atom stereocenters. The van der Waals surface area contributed by atoms with Gasteiger partial charge in [0.2, 0.25) is 0 Å². The van der Waals surface area contributed by atoms with Crippen molar-refractivity contribution in [3.63, 3.8) is 0 Å². The van der Waals surface area contributed by atoms with E-state index in [9.17, 15) is 14.7 Å². The molecule has 1 aliphatic rings. The van der Waals surface area contributed by atoms with Crippen LogP contribution in [0.5, 0.6) is 11.5 Å². The number of carbonyl (C=O) groups excluding carboxylic acids is 1. The molecule has 172 valence electrons. The van der Waals surface area contributed by atoms with Gasteiger partial charge in [-0.1, -0.05) is 6.07 Å². The lowest BCUT2D eigenvalue weighted by molar-refractivity contribution is -0.137. The van der Waals surface area contributed by atoms with E-state index in [0.29, 0.717) is 25.2 Å². The van der Waals surface area contributed by atoms with Crippen molar-refractivity contribution in [2.24, 2.45) is 0 Å². The van der Waals surface area contributed by atoms with Gasteiger partial charge in [-0.2, -0.15) is 0 Å². The standard InChI is InChI=1S/C24H31N3O5/c1-32-20-11-5-17-6-12-22(21(17)16-20)27(14-2-4-23(29)30)15-3-13-25-24(31)26-18-7-9-19(28)10-8-18/h5,7-11,16,22,28H,2-4,6,12-15H2,1H3,(H,29,30)(H2,25,26,31). The number of phenolic OH excluding ortho intramolecular Hbond substituents is 1. The molecule has 2 aromatic carbocycles. The van der Waals surface area contributed by atoms with Crippen LogP contribution >= 0.6 is 0 Å². The van der Waals surface area contributed by atoms with E-state index in [1.807, 2.05) is 6.07 Å². The zero-order valence-electron chi connectivity index (χ0n) is 18.3. The Balaban J connectivity index is 1.54. The van der Waals surface area contributed by atoms with Gasteiger partial charge < -0.3 is 25.6 Å². The summed E-state index contributed by atoms with van der Waals surface area (Å²) in [4.78, 5) is 25.4.